The molecule has 3 heteroatoms. The van der Waals surface area contributed by atoms with E-state index in [-0.39, 0.29) is 11.7 Å². The summed E-state index contributed by atoms with van der Waals surface area (Å²) in [7, 11) is 1.60. The van der Waals surface area contributed by atoms with Crippen molar-refractivity contribution in [3.05, 3.63) is 64.2 Å². The SMILES string of the molecule is COc1ccc2c(c1Cl)CCCC(c1ccccc1)C2=O. The zero-order valence-corrected chi connectivity index (χ0v) is 12.7. The molecule has 1 atom stereocenters. The first kappa shape index (κ1) is 14.2. The van der Waals surface area contributed by atoms with Crippen molar-refractivity contribution in [3.8, 4) is 5.75 Å². The van der Waals surface area contributed by atoms with Gasteiger partial charge in [-0.1, -0.05) is 41.9 Å². The Labute approximate surface area is 129 Å². The van der Waals surface area contributed by atoms with Crippen molar-refractivity contribution in [2.24, 2.45) is 0 Å². The highest BCUT2D eigenvalue weighted by molar-refractivity contribution is 6.33. The fraction of sp³-hybridized carbons (Fsp3) is 0.278. The van der Waals surface area contributed by atoms with Gasteiger partial charge in [0, 0.05) is 11.5 Å². The summed E-state index contributed by atoms with van der Waals surface area (Å²) in [6.45, 7) is 0. The Bertz CT molecular complexity index is 664. The second-order valence-electron chi connectivity index (χ2n) is 5.33. The number of ketones is 1. The molecule has 1 aliphatic rings. The molecule has 1 aliphatic carbocycles. The molecule has 2 aromatic rings. The average Bonchev–Trinajstić information content (AvgIpc) is 2.69. The largest absolute Gasteiger partial charge is 0.495 e. The number of Topliss-reactive ketones (excluding diaryl/α,β-unsaturated/α-hetero) is 1. The maximum absolute atomic E-state index is 12.9. The van der Waals surface area contributed by atoms with Gasteiger partial charge in [0.25, 0.3) is 0 Å². The molecular weight excluding hydrogens is 284 g/mol. The van der Waals surface area contributed by atoms with E-state index in [1.807, 2.05) is 36.4 Å². The monoisotopic (exact) mass is 300 g/mol. The van der Waals surface area contributed by atoms with Crippen LogP contribution in [-0.4, -0.2) is 12.9 Å². The molecular formula is C18H17ClO2. The van der Waals surface area contributed by atoms with Crippen LogP contribution in [-0.2, 0) is 6.42 Å². The minimum atomic E-state index is -0.0723. The lowest BCUT2D eigenvalue weighted by molar-refractivity contribution is 0.0957. The standard InChI is InChI=1S/C18H17ClO2/c1-21-16-11-10-15-14(17(16)19)9-5-8-13(18(15)20)12-6-3-2-4-7-12/h2-4,6-7,10-11,13H,5,8-9H2,1H3. The van der Waals surface area contributed by atoms with Crippen LogP contribution in [0.1, 0.15) is 40.2 Å². The average molecular weight is 301 g/mol. The number of rotatable bonds is 2. The Morgan fingerprint density at radius 2 is 1.90 bits per heavy atom. The fourth-order valence-corrected chi connectivity index (χ4v) is 3.37. The fourth-order valence-electron chi connectivity index (χ4n) is 3.04. The topological polar surface area (TPSA) is 26.3 Å². The summed E-state index contributed by atoms with van der Waals surface area (Å²) >= 11 is 6.38. The van der Waals surface area contributed by atoms with Gasteiger partial charge in [-0.3, -0.25) is 4.79 Å². The minimum absolute atomic E-state index is 0.0723. The Morgan fingerprint density at radius 3 is 2.62 bits per heavy atom. The predicted molar refractivity (Wildman–Crippen MR) is 84.5 cm³/mol. The molecule has 0 saturated heterocycles. The van der Waals surface area contributed by atoms with E-state index in [2.05, 4.69) is 0 Å². The van der Waals surface area contributed by atoms with E-state index in [0.29, 0.717) is 10.8 Å². The smallest absolute Gasteiger partial charge is 0.170 e. The van der Waals surface area contributed by atoms with E-state index in [1.54, 1.807) is 13.2 Å². The Morgan fingerprint density at radius 1 is 1.14 bits per heavy atom. The molecule has 108 valence electrons. The first-order valence-electron chi connectivity index (χ1n) is 7.17. The van der Waals surface area contributed by atoms with Crippen LogP contribution in [0, 0.1) is 0 Å². The van der Waals surface area contributed by atoms with Gasteiger partial charge in [-0.15, -0.1) is 0 Å². The van der Waals surface area contributed by atoms with E-state index < -0.39 is 0 Å². The predicted octanol–water partition coefficient (Wildman–Crippen LogP) is 4.65. The number of ether oxygens (including phenoxy) is 1. The second-order valence-corrected chi connectivity index (χ2v) is 5.71. The first-order valence-corrected chi connectivity index (χ1v) is 7.54. The van der Waals surface area contributed by atoms with E-state index in [9.17, 15) is 4.79 Å². The second kappa shape index (κ2) is 5.90. The zero-order chi connectivity index (χ0) is 14.8. The molecule has 0 bridgehead atoms. The minimum Gasteiger partial charge on any atom is -0.495 e. The molecule has 0 spiro atoms. The summed E-state index contributed by atoms with van der Waals surface area (Å²) in [6, 6.07) is 13.6. The highest BCUT2D eigenvalue weighted by Gasteiger charge is 2.28. The summed E-state index contributed by atoms with van der Waals surface area (Å²) in [6.07, 6.45) is 2.63. The molecule has 0 radical (unpaired) electrons. The van der Waals surface area contributed by atoms with Crippen LogP contribution >= 0.6 is 11.6 Å². The van der Waals surface area contributed by atoms with Crippen LogP contribution in [0.2, 0.25) is 5.02 Å². The number of hydrogen-bond acceptors (Lipinski definition) is 2. The Balaban J connectivity index is 2.05. The van der Waals surface area contributed by atoms with Crippen molar-refractivity contribution in [2.75, 3.05) is 7.11 Å². The van der Waals surface area contributed by atoms with Crippen molar-refractivity contribution in [3.63, 3.8) is 0 Å². The van der Waals surface area contributed by atoms with Crippen LogP contribution in [0.25, 0.3) is 0 Å². The third kappa shape index (κ3) is 2.56. The van der Waals surface area contributed by atoms with Crippen molar-refractivity contribution < 1.29 is 9.53 Å². The highest BCUT2D eigenvalue weighted by atomic mass is 35.5. The summed E-state index contributed by atoms with van der Waals surface area (Å²) in [4.78, 5) is 12.9. The molecule has 21 heavy (non-hydrogen) atoms. The molecule has 2 aromatic carbocycles. The first-order chi connectivity index (χ1) is 10.2. The van der Waals surface area contributed by atoms with Crippen LogP contribution in [0.5, 0.6) is 5.75 Å². The van der Waals surface area contributed by atoms with Crippen molar-refractivity contribution in [1.82, 2.24) is 0 Å². The molecule has 0 N–H and O–H groups in total. The third-order valence-electron chi connectivity index (χ3n) is 4.13. The molecule has 0 fully saturated rings. The normalized spacial score (nSPS) is 18.0. The van der Waals surface area contributed by atoms with Crippen LogP contribution in [0.3, 0.4) is 0 Å². The maximum atomic E-state index is 12.9. The molecule has 0 saturated carbocycles. The summed E-state index contributed by atoms with van der Waals surface area (Å²) in [5.74, 6) is 0.733. The lowest BCUT2D eigenvalue weighted by Crippen LogP contribution is -2.12. The number of hydrogen-bond donors (Lipinski definition) is 0. The summed E-state index contributed by atoms with van der Waals surface area (Å²) in [5, 5.41) is 0.581. The lowest BCUT2D eigenvalue weighted by atomic mass is 9.88. The van der Waals surface area contributed by atoms with Crippen LogP contribution in [0.15, 0.2) is 42.5 Å². The van der Waals surface area contributed by atoms with Crippen LogP contribution in [0.4, 0.5) is 0 Å². The number of carbonyl (C=O) groups is 1. The number of halogens is 1. The Hall–Kier alpha value is -1.80. The quantitative estimate of drug-likeness (QED) is 0.755. The number of benzene rings is 2. The molecule has 0 aromatic heterocycles. The van der Waals surface area contributed by atoms with Gasteiger partial charge >= 0.3 is 0 Å². The van der Waals surface area contributed by atoms with Gasteiger partial charge in [0.2, 0.25) is 0 Å². The number of methoxy groups -OCH3 is 1. The molecule has 2 nitrogen and oxygen atoms in total. The summed E-state index contributed by atoms with van der Waals surface area (Å²) < 4.78 is 5.26. The van der Waals surface area contributed by atoms with Crippen molar-refractivity contribution in [2.45, 2.75) is 25.2 Å². The van der Waals surface area contributed by atoms with Gasteiger partial charge in [0.1, 0.15) is 5.75 Å². The van der Waals surface area contributed by atoms with Gasteiger partial charge in [0.05, 0.1) is 12.1 Å². The zero-order valence-electron chi connectivity index (χ0n) is 11.9. The third-order valence-corrected chi connectivity index (χ3v) is 4.55. The van der Waals surface area contributed by atoms with Gasteiger partial charge in [-0.2, -0.15) is 0 Å². The van der Waals surface area contributed by atoms with E-state index >= 15 is 0 Å². The van der Waals surface area contributed by atoms with Crippen molar-refractivity contribution in [1.29, 1.82) is 0 Å². The molecule has 0 aliphatic heterocycles. The van der Waals surface area contributed by atoms with Crippen LogP contribution < -0.4 is 4.74 Å². The van der Waals surface area contributed by atoms with Gasteiger partial charge < -0.3 is 4.74 Å². The molecule has 1 unspecified atom stereocenters. The van der Waals surface area contributed by atoms with E-state index in [4.69, 9.17) is 16.3 Å². The number of carbonyl (C=O) groups excluding carboxylic acids is 1. The summed E-state index contributed by atoms with van der Waals surface area (Å²) in [5.41, 5.74) is 2.76. The lowest BCUT2D eigenvalue weighted by Gasteiger charge is -2.15. The molecule has 3 rings (SSSR count). The van der Waals surface area contributed by atoms with Gasteiger partial charge in [-0.05, 0) is 42.5 Å². The maximum Gasteiger partial charge on any atom is 0.170 e. The van der Waals surface area contributed by atoms with E-state index in [1.165, 1.54) is 0 Å². The Kier molecular flexibility index (Phi) is 3.98. The highest BCUT2D eigenvalue weighted by Crippen LogP contribution is 2.38. The van der Waals surface area contributed by atoms with E-state index in [0.717, 1.165) is 36.0 Å². The van der Waals surface area contributed by atoms with Gasteiger partial charge in [0.15, 0.2) is 5.78 Å². The molecule has 0 amide bonds. The number of fused-ring (bicyclic) bond motifs is 1. The molecule has 0 heterocycles. The van der Waals surface area contributed by atoms with Crippen molar-refractivity contribution >= 4 is 17.4 Å². The van der Waals surface area contributed by atoms with Gasteiger partial charge in [-0.25, -0.2) is 0 Å².